The van der Waals surface area contributed by atoms with Crippen molar-refractivity contribution in [2.75, 3.05) is 32.8 Å². The molecule has 0 spiro atoms. The lowest BCUT2D eigenvalue weighted by atomic mass is 10.0. The maximum atomic E-state index is 14.3. The summed E-state index contributed by atoms with van der Waals surface area (Å²) in [5.74, 6) is -0.909. The lowest BCUT2D eigenvalue weighted by molar-refractivity contribution is -0.124. The third-order valence-electron chi connectivity index (χ3n) is 3.68. The SMILES string of the molecule is CC1CN(C(CNC(=O)CO)c2c(F)cccc2Cl)CCO1. The van der Waals surface area contributed by atoms with Gasteiger partial charge >= 0.3 is 0 Å². The van der Waals surface area contributed by atoms with E-state index in [4.69, 9.17) is 21.4 Å². The van der Waals surface area contributed by atoms with Gasteiger partial charge in [0, 0.05) is 30.2 Å². The van der Waals surface area contributed by atoms with Crippen LogP contribution in [0.4, 0.5) is 4.39 Å². The minimum absolute atomic E-state index is 0.0235. The van der Waals surface area contributed by atoms with Gasteiger partial charge in [-0.1, -0.05) is 17.7 Å². The van der Waals surface area contributed by atoms with Crippen molar-refractivity contribution < 1.29 is 19.0 Å². The Kier molecular flexibility index (Phi) is 6.14. The van der Waals surface area contributed by atoms with Crippen molar-refractivity contribution in [1.29, 1.82) is 0 Å². The predicted molar refractivity (Wildman–Crippen MR) is 81.2 cm³/mol. The van der Waals surface area contributed by atoms with E-state index in [1.165, 1.54) is 6.07 Å². The molecule has 0 saturated carbocycles. The van der Waals surface area contributed by atoms with E-state index in [2.05, 4.69) is 5.32 Å². The third-order valence-corrected chi connectivity index (χ3v) is 4.01. The van der Waals surface area contributed by atoms with E-state index in [9.17, 15) is 9.18 Å². The van der Waals surface area contributed by atoms with E-state index in [1.54, 1.807) is 12.1 Å². The van der Waals surface area contributed by atoms with Gasteiger partial charge in [0.15, 0.2) is 0 Å². The minimum Gasteiger partial charge on any atom is -0.387 e. The number of nitrogens with one attached hydrogen (secondary N) is 1. The van der Waals surface area contributed by atoms with Crippen LogP contribution in [-0.2, 0) is 9.53 Å². The Bertz CT molecular complexity index is 509. The van der Waals surface area contributed by atoms with Crippen LogP contribution in [0.15, 0.2) is 18.2 Å². The summed E-state index contributed by atoms with van der Waals surface area (Å²) in [5.41, 5.74) is 0.358. The number of benzene rings is 1. The number of hydrogen-bond donors (Lipinski definition) is 2. The van der Waals surface area contributed by atoms with Crippen molar-refractivity contribution in [3.63, 3.8) is 0 Å². The second-order valence-corrected chi connectivity index (χ2v) is 5.70. The summed E-state index contributed by atoms with van der Waals surface area (Å²) >= 11 is 6.17. The maximum Gasteiger partial charge on any atom is 0.245 e. The van der Waals surface area contributed by atoms with Crippen molar-refractivity contribution >= 4 is 17.5 Å². The van der Waals surface area contributed by atoms with Crippen molar-refractivity contribution in [2.24, 2.45) is 0 Å². The molecule has 1 amide bonds. The van der Waals surface area contributed by atoms with Crippen molar-refractivity contribution in [2.45, 2.75) is 19.1 Å². The molecule has 122 valence electrons. The molecule has 1 aliphatic rings. The van der Waals surface area contributed by atoms with Gasteiger partial charge in [-0.2, -0.15) is 0 Å². The zero-order valence-electron chi connectivity index (χ0n) is 12.4. The summed E-state index contributed by atoms with van der Waals surface area (Å²) in [4.78, 5) is 13.4. The number of aliphatic hydroxyl groups is 1. The van der Waals surface area contributed by atoms with Crippen LogP contribution in [0.2, 0.25) is 5.02 Å². The highest BCUT2D eigenvalue weighted by Gasteiger charge is 2.29. The standard InChI is InChI=1S/C15H20ClFN2O3/c1-10-8-19(5-6-22-10)13(7-18-14(21)9-20)15-11(16)3-2-4-12(15)17/h2-4,10,13,20H,5-9H2,1H3,(H,18,21). The molecule has 1 aromatic rings. The van der Waals surface area contributed by atoms with Crippen molar-refractivity contribution in [1.82, 2.24) is 10.2 Å². The van der Waals surface area contributed by atoms with Gasteiger partial charge in [-0.25, -0.2) is 4.39 Å². The van der Waals surface area contributed by atoms with Gasteiger partial charge in [-0.3, -0.25) is 9.69 Å². The molecule has 0 aliphatic carbocycles. The topological polar surface area (TPSA) is 61.8 Å². The Hall–Kier alpha value is -1.21. The highest BCUT2D eigenvalue weighted by Crippen LogP contribution is 2.30. The first-order valence-corrected chi connectivity index (χ1v) is 7.57. The van der Waals surface area contributed by atoms with Gasteiger partial charge in [0.2, 0.25) is 5.91 Å². The molecular weight excluding hydrogens is 311 g/mol. The molecule has 2 rings (SSSR count). The zero-order valence-corrected chi connectivity index (χ0v) is 13.1. The Morgan fingerprint density at radius 3 is 3.05 bits per heavy atom. The van der Waals surface area contributed by atoms with E-state index < -0.39 is 24.4 Å². The molecule has 1 saturated heterocycles. The number of ether oxygens (including phenoxy) is 1. The first-order valence-electron chi connectivity index (χ1n) is 7.20. The lowest BCUT2D eigenvalue weighted by Gasteiger charge is -2.38. The highest BCUT2D eigenvalue weighted by molar-refractivity contribution is 6.31. The summed E-state index contributed by atoms with van der Waals surface area (Å²) in [6, 6.07) is 4.12. The number of amides is 1. The first kappa shape index (κ1) is 17.1. The van der Waals surface area contributed by atoms with E-state index in [1.807, 2.05) is 11.8 Å². The number of aliphatic hydroxyl groups excluding tert-OH is 1. The number of morpholine rings is 1. The lowest BCUT2D eigenvalue weighted by Crippen LogP contribution is -2.47. The fraction of sp³-hybridized carbons (Fsp3) is 0.533. The summed E-state index contributed by atoms with van der Waals surface area (Å²) in [7, 11) is 0. The van der Waals surface area contributed by atoms with Gasteiger partial charge in [0.1, 0.15) is 12.4 Å². The van der Waals surface area contributed by atoms with Crippen LogP contribution in [0.5, 0.6) is 0 Å². The normalized spacial score (nSPS) is 20.6. The Morgan fingerprint density at radius 1 is 1.64 bits per heavy atom. The number of halogens is 2. The molecular formula is C15H20ClFN2O3. The second-order valence-electron chi connectivity index (χ2n) is 5.29. The number of nitrogens with zero attached hydrogens (tertiary/aromatic N) is 1. The number of carbonyl (C=O) groups excluding carboxylic acids is 1. The van der Waals surface area contributed by atoms with Gasteiger partial charge < -0.3 is 15.2 Å². The largest absolute Gasteiger partial charge is 0.387 e. The molecule has 0 radical (unpaired) electrons. The highest BCUT2D eigenvalue weighted by atomic mass is 35.5. The van der Waals surface area contributed by atoms with Crippen LogP contribution < -0.4 is 5.32 Å². The molecule has 1 aliphatic heterocycles. The molecule has 1 fully saturated rings. The summed E-state index contributed by atoms with van der Waals surface area (Å²) in [6.45, 7) is 3.29. The van der Waals surface area contributed by atoms with Gasteiger partial charge in [-0.05, 0) is 19.1 Å². The quantitative estimate of drug-likeness (QED) is 0.855. The number of carbonyl (C=O) groups is 1. The first-order chi connectivity index (χ1) is 10.5. The monoisotopic (exact) mass is 330 g/mol. The average molecular weight is 331 g/mol. The van der Waals surface area contributed by atoms with Crippen LogP contribution in [-0.4, -0.2) is 54.9 Å². The molecule has 22 heavy (non-hydrogen) atoms. The molecule has 0 bridgehead atoms. The molecule has 2 atom stereocenters. The van der Waals surface area contributed by atoms with Crippen LogP contribution >= 0.6 is 11.6 Å². The zero-order chi connectivity index (χ0) is 16.1. The molecule has 1 heterocycles. The Morgan fingerprint density at radius 2 is 2.41 bits per heavy atom. The van der Waals surface area contributed by atoms with Crippen molar-refractivity contribution in [3.8, 4) is 0 Å². The smallest absolute Gasteiger partial charge is 0.245 e. The Labute approximate surface area is 134 Å². The number of hydrogen-bond acceptors (Lipinski definition) is 4. The Balaban J connectivity index is 2.26. The fourth-order valence-corrected chi connectivity index (χ4v) is 2.93. The summed E-state index contributed by atoms with van der Waals surface area (Å²) in [5, 5.41) is 11.8. The van der Waals surface area contributed by atoms with Crippen LogP contribution in [0, 0.1) is 5.82 Å². The van der Waals surface area contributed by atoms with Gasteiger partial charge in [0.05, 0.1) is 18.8 Å². The molecule has 1 aromatic carbocycles. The number of rotatable bonds is 5. The molecule has 0 aromatic heterocycles. The van der Waals surface area contributed by atoms with E-state index >= 15 is 0 Å². The summed E-state index contributed by atoms with van der Waals surface area (Å²) in [6.07, 6.45) is 0.0235. The van der Waals surface area contributed by atoms with E-state index in [0.29, 0.717) is 30.3 Å². The average Bonchev–Trinajstić information content (AvgIpc) is 2.49. The van der Waals surface area contributed by atoms with Gasteiger partial charge in [-0.15, -0.1) is 0 Å². The van der Waals surface area contributed by atoms with Crippen LogP contribution in [0.25, 0.3) is 0 Å². The van der Waals surface area contributed by atoms with E-state index in [0.717, 1.165) is 0 Å². The molecule has 5 nitrogen and oxygen atoms in total. The minimum atomic E-state index is -0.600. The molecule has 2 N–H and O–H groups in total. The van der Waals surface area contributed by atoms with Crippen LogP contribution in [0.1, 0.15) is 18.5 Å². The molecule has 2 unspecified atom stereocenters. The van der Waals surface area contributed by atoms with Gasteiger partial charge in [0.25, 0.3) is 0 Å². The molecule has 7 heteroatoms. The third kappa shape index (κ3) is 4.16. The maximum absolute atomic E-state index is 14.3. The van der Waals surface area contributed by atoms with Crippen molar-refractivity contribution in [3.05, 3.63) is 34.6 Å². The van der Waals surface area contributed by atoms with E-state index in [-0.39, 0.29) is 12.6 Å². The predicted octanol–water partition coefficient (Wildman–Crippen LogP) is 1.35. The van der Waals surface area contributed by atoms with Crippen LogP contribution in [0.3, 0.4) is 0 Å². The second kappa shape index (κ2) is 7.87. The summed E-state index contributed by atoms with van der Waals surface area (Å²) < 4.78 is 19.8. The fourth-order valence-electron chi connectivity index (χ4n) is 2.64.